The Balaban J connectivity index is 3.35. The summed E-state index contributed by atoms with van der Waals surface area (Å²) in [6, 6.07) is 0. The van der Waals surface area contributed by atoms with Crippen LogP contribution in [0.1, 0.15) is 15.9 Å². The molecule has 12 heavy (non-hydrogen) atoms. The number of pyridine rings is 1. The molecule has 1 rings (SSSR count). The van der Waals surface area contributed by atoms with Crippen LogP contribution in [0.2, 0.25) is 0 Å². The fraction of sp³-hybridized carbons (Fsp3) is 0.143. The van der Waals surface area contributed by atoms with Crippen molar-refractivity contribution in [3.05, 3.63) is 17.3 Å². The van der Waals surface area contributed by atoms with E-state index in [1.54, 1.807) is 0 Å². The molecule has 0 spiro atoms. The molecule has 5 nitrogen and oxygen atoms in total. The van der Waals surface area contributed by atoms with E-state index in [2.05, 4.69) is 4.98 Å². The van der Waals surface area contributed by atoms with Gasteiger partial charge in [0.05, 0.1) is 12.2 Å². The van der Waals surface area contributed by atoms with E-state index in [9.17, 15) is 4.79 Å². The Hall–Kier alpha value is -1.62. The number of aromatic hydroxyl groups is 2. The van der Waals surface area contributed by atoms with E-state index < -0.39 is 18.2 Å². The van der Waals surface area contributed by atoms with E-state index in [0.29, 0.717) is 6.29 Å². The third kappa shape index (κ3) is 1.22. The molecule has 0 aromatic carbocycles. The SMILES string of the molecule is O=Cc1c(CO)cnc(O)c1O. The number of aliphatic hydroxyl groups excluding tert-OH is 1. The van der Waals surface area contributed by atoms with Gasteiger partial charge in [-0.05, 0) is 0 Å². The van der Waals surface area contributed by atoms with Crippen molar-refractivity contribution in [2.45, 2.75) is 6.61 Å². The molecular formula is C7H7NO4. The first-order valence-electron chi connectivity index (χ1n) is 3.16. The molecule has 0 aliphatic rings. The maximum Gasteiger partial charge on any atom is 0.255 e. The summed E-state index contributed by atoms with van der Waals surface area (Å²) in [6.45, 7) is -0.408. The zero-order valence-electron chi connectivity index (χ0n) is 6.06. The van der Waals surface area contributed by atoms with Gasteiger partial charge in [0.15, 0.2) is 12.0 Å². The zero-order chi connectivity index (χ0) is 9.14. The smallest absolute Gasteiger partial charge is 0.255 e. The monoisotopic (exact) mass is 169 g/mol. The van der Waals surface area contributed by atoms with Crippen LogP contribution in [0.15, 0.2) is 6.20 Å². The summed E-state index contributed by atoms with van der Waals surface area (Å²) in [5, 5.41) is 26.6. The molecule has 0 amide bonds. The van der Waals surface area contributed by atoms with Crippen LogP contribution in [0.25, 0.3) is 0 Å². The number of rotatable bonds is 2. The van der Waals surface area contributed by atoms with Crippen molar-refractivity contribution in [2.75, 3.05) is 0 Å². The first kappa shape index (κ1) is 8.48. The molecule has 1 heterocycles. The number of aliphatic hydroxyl groups is 1. The van der Waals surface area contributed by atoms with Gasteiger partial charge < -0.3 is 15.3 Å². The predicted octanol–water partition coefficient (Wildman–Crippen LogP) is -0.202. The summed E-state index contributed by atoms with van der Waals surface area (Å²) < 4.78 is 0. The van der Waals surface area contributed by atoms with Gasteiger partial charge in [0.2, 0.25) is 0 Å². The van der Waals surface area contributed by atoms with Crippen LogP contribution in [0.5, 0.6) is 11.6 Å². The van der Waals surface area contributed by atoms with Crippen LogP contribution < -0.4 is 0 Å². The Kier molecular flexibility index (Phi) is 2.25. The topological polar surface area (TPSA) is 90.7 Å². The molecule has 0 radical (unpaired) electrons. The summed E-state index contributed by atoms with van der Waals surface area (Å²) in [4.78, 5) is 13.7. The Bertz CT molecular complexity index is 311. The van der Waals surface area contributed by atoms with Gasteiger partial charge in [-0.3, -0.25) is 4.79 Å². The average molecular weight is 169 g/mol. The van der Waals surface area contributed by atoms with Gasteiger partial charge in [-0.1, -0.05) is 0 Å². The average Bonchev–Trinajstić information content (AvgIpc) is 2.09. The fourth-order valence-electron chi connectivity index (χ4n) is 0.800. The molecule has 1 aromatic rings. The number of carbonyl (C=O) groups excluding carboxylic acids is 1. The second-order valence-corrected chi connectivity index (χ2v) is 2.15. The van der Waals surface area contributed by atoms with Crippen molar-refractivity contribution >= 4 is 6.29 Å². The second-order valence-electron chi connectivity index (χ2n) is 2.15. The van der Waals surface area contributed by atoms with Crippen molar-refractivity contribution in [1.29, 1.82) is 0 Å². The van der Waals surface area contributed by atoms with Crippen LogP contribution >= 0.6 is 0 Å². The molecule has 0 atom stereocenters. The van der Waals surface area contributed by atoms with Crippen LogP contribution in [-0.2, 0) is 6.61 Å². The molecule has 0 aliphatic carbocycles. The second kappa shape index (κ2) is 3.19. The molecule has 1 aromatic heterocycles. The van der Waals surface area contributed by atoms with Gasteiger partial charge in [-0.2, -0.15) is 0 Å². The number of carbonyl (C=O) groups is 1. The molecule has 0 saturated heterocycles. The Morgan fingerprint density at radius 3 is 2.67 bits per heavy atom. The van der Waals surface area contributed by atoms with Gasteiger partial charge in [-0.25, -0.2) is 4.98 Å². The van der Waals surface area contributed by atoms with Crippen molar-refractivity contribution in [3.63, 3.8) is 0 Å². The van der Waals surface area contributed by atoms with Crippen molar-refractivity contribution in [2.24, 2.45) is 0 Å². The first-order chi connectivity index (χ1) is 5.70. The van der Waals surface area contributed by atoms with E-state index in [1.807, 2.05) is 0 Å². The molecular weight excluding hydrogens is 162 g/mol. The number of nitrogens with zero attached hydrogens (tertiary/aromatic N) is 1. The third-order valence-electron chi connectivity index (χ3n) is 1.44. The highest BCUT2D eigenvalue weighted by atomic mass is 16.3. The largest absolute Gasteiger partial charge is 0.503 e. The number of aromatic nitrogens is 1. The standard InChI is InChI=1S/C7H7NO4/c9-2-4-1-8-7(12)6(11)5(4)3-10/h1,3,9,11H,2H2,(H,8,12). The van der Waals surface area contributed by atoms with Gasteiger partial charge in [0, 0.05) is 11.8 Å². The van der Waals surface area contributed by atoms with Crippen LogP contribution in [0, 0.1) is 0 Å². The quantitative estimate of drug-likeness (QED) is 0.533. The molecule has 0 fully saturated rings. The third-order valence-corrected chi connectivity index (χ3v) is 1.44. The first-order valence-corrected chi connectivity index (χ1v) is 3.16. The Labute approximate surface area is 67.9 Å². The van der Waals surface area contributed by atoms with Crippen LogP contribution in [0.4, 0.5) is 0 Å². The highest BCUT2D eigenvalue weighted by Gasteiger charge is 2.11. The van der Waals surface area contributed by atoms with E-state index in [1.165, 1.54) is 0 Å². The van der Waals surface area contributed by atoms with Gasteiger partial charge in [0.1, 0.15) is 0 Å². The highest BCUT2D eigenvalue weighted by Crippen LogP contribution is 2.27. The van der Waals surface area contributed by atoms with Crippen molar-refractivity contribution < 1.29 is 20.1 Å². The van der Waals surface area contributed by atoms with Crippen molar-refractivity contribution in [3.8, 4) is 11.6 Å². The van der Waals surface area contributed by atoms with Crippen LogP contribution in [0.3, 0.4) is 0 Å². The lowest BCUT2D eigenvalue weighted by Gasteiger charge is -2.03. The Morgan fingerprint density at radius 1 is 1.50 bits per heavy atom. The highest BCUT2D eigenvalue weighted by molar-refractivity contribution is 5.82. The number of hydrogen-bond donors (Lipinski definition) is 3. The summed E-state index contributed by atoms with van der Waals surface area (Å²) in [5.74, 6) is -1.22. The minimum Gasteiger partial charge on any atom is -0.503 e. The van der Waals surface area contributed by atoms with E-state index in [-0.39, 0.29) is 11.1 Å². The molecule has 5 heteroatoms. The summed E-state index contributed by atoms with van der Waals surface area (Å²) in [6.07, 6.45) is 1.47. The summed E-state index contributed by atoms with van der Waals surface area (Å²) in [7, 11) is 0. The van der Waals surface area contributed by atoms with Gasteiger partial charge in [-0.15, -0.1) is 0 Å². The lowest BCUT2D eigenvalue weighted by molar-refractivity contribution is 0.111. The van der Waals surface area contributed by atoms with Crippen LogP contribution in [-0.4, -0.2) is 26.6 Å². The fourth-order valence-corrected chi connectivity index (χ4v) is 0.800. The number of hydrogen-bond acceptors (Lipinski definition) is 5. The lowest BCUT2D eigenvalue weighted by Crippen LogP contribution is -1.94. The molecule has 0 aliphatic heterocycles. The molecule has 3 N–H and O–H groups in total. The molecule has 0 bridgehead atoms. The van der Waals surface area contributed by atoms with E-state index >= 15 is 0 Å². The molecule has 0 saturated carbocycles. The molecule has 64 valence electrons. The molecule has 0 unspecified atom stereocenters. The normalized spacial score (nSPS) is 9.75. The lowest BCUT2D eigenvalue weighted by atomic mass is 10.1. The minimum absolute atomic E-state index is 0.134. The maximum atomic E-state index is 10.3. The summed E-state index contributed by atoms with van der Waals surface area (Å²) >= 11 is 0. The van der Waals surface area contributed by atoms with E-state index in [0.717, 1.165) is 6.20 Å². The minimum atomic E-state index is -0.616. The summed E-state index contributed by atoms with van der Waals surface area (Å²) in [5.41, 5.74) is 0.0466. The van der Waals surface area contributed by atoms with Gasteiger partial charge >= 0.3 is 0 Å². The van der Waals surface area contributed by atoms with Gasteiger partial charge in [0.25, 0.3) is 5.88 Å². The Morgan fingerprint density at radius 2 is 2.17 bits per heavy atom. The number of aldehydes is 1. The zero-order valence-corrected chi connectivity index (χ0v) is 6.06. The predicted molar refractivity (Wildman–Crippen MR) is 38.9 cm³/mol. The van der Waals surface area contributed by atoms with Crippen molar-refractivity contribution in [1.82, 2.24) is 4.98 Å². The maximum absolute atomic E-state index is 10.3. The van der Waals surface area contributed by atoms with E-state index in [4.69, 9.17) is 15.3 Å².